The van der Waals surface area contributed by atoms with Gasteiger partial charge in [0.15, 0.2) is 6.61 Å². The third kappa shape index (κ3) is 7.84. The molecule has 2 aromatic carbocycles. The summed E-state index contributed by atoms with van der Waals surface area (Å²) in [6, 6.07) is 9.52. The predicted octanol–water partition coefficient (Wildman–Crippen LogP) is 6.37. The third-order valence-corrected chi connectivity index (χ3v) is 6.25. The number of nitrogens with one attached hydrogen (secondary N) is 1. The van der Waals surface area contributed by atoms with Crippen molar-refractivity contribution in [3.8, 4) is 5.75 Å². The van der Waals surface area contributed by atoms with Crippen molar-refractivity contribution >= 4 is 62.5 Å². The van der Waals surface area contributed by atoms with Gasteiger partial charge in [-0.3, -0.25) is 9.59 Å². The molecular weight excluding hydrogens is 539 g/mol. The van der Waals surface area contributed by atoms with Gasteiger partial charge in [-0.05, 0) is 64.2 Å². The number of carbonyl (C=O) groups is 2. The molecule has 32 heavy (non-hydrogen) atoms. The fourth-order valence-corrected chi connectivity index (χ4v) is 4.11. The summed E-state index contributed by atoms with van der Waals surface area (Å²) in [7, 11) is 0. The van der Waals surface area contributed by atoms with Crippen LogP contribution in [0.1, 0.15) is 32.8 Å². The van der Waals surface area contributed by atoms with E-state index < -0.39 is 6.04 Å². The van der Waals surface area contributed by atoms with Gasteiger partial charge in [-0.25, -0.2) is 0 Å². The van der Waals surface area contributed by atoms with Gasteiger partial charge < -0.3 is 15.0 Å². The van der Waals surface area contributed by atoms with Gasteiger partial charge in [0.05, 0.1) is 14.5 Å². The highest BCUT2D eigenvalue weighted by Gasteiger charge is 2.29. The zero-order chi connectivity index (χ0) is 23.8. The molecule has 9 heteroatoms. The molecule has 174 valence electrons. The lowest BCUT2D eigenvalue weighted by Gasteiger charge is -2.31. The van der Waals surface area contributed by atoms with Crippen molar-refractivity contribution in [2.45, 2.75) is 39.8 Å². The highest BCUT2D eigenvalue weighted by Crippen LogP contribution is 2.28. The van der Waals surface area contributed by atoms with Crippen molar-refractivity contribution in [3.05, 3.63) is 61.5 Å². The van der Waals surface area contributed by atoms with Gasteiger partial charge in [-0.1, -0.05) is 61.6 Å². The third-order valence-electron chi connectivity index (χ3n) is 4.65. The monoisotopic (exact) mass is 562 g/mol. The number of ether oxygens (including phenoxy) is 1. The maximum atomic E-state index is 13.2. The molecule has 0 saturated carbocycles. The fraction of sp³-hybridized carbons (Fsp3) is 0.391. The van der Waals surface area contributed by atoms with Crippen molar-refractivity contribution in [1.29, 1.82) is 0 Å². The molecule has 5 nitrogen and oxygen atoms in total. The second-order valence-corrected chi connectivity index (χ2v) is 9.80. The fourth-order valence-electron chi connectivity index (χ4n) is 2.99. The number of carbonyl (C=O) groups excluding carboxylic acids is 2. The molecule has 1 atom stereocenters. The van der Waals surface area contributed by atoms with Gasteiger partial charge in [0.1, 0.15) is 11.8 Å². The lowest BCUT2D eigenvalue weighted by Crippen LogP contribution is -2.50. The van der Waals surface area contributed by atoms with Gasteiger partial charge in [0.25, 0.3) is 5.91 Å². The molecule has 0 aliphatic heterocycles. The molecule has 0 heterocycles. The second-order valence-electron chi connectivity index (χ2n) is 7.70. The van der Waals surface area contributed by atoms with Gasteiger partial charge in [0, 0.05) is 18.1 Å². The lowest BCUT2D eigenvalue weighted by molar-refractivity contribution is -0.143. The Balaban J connectivity index is 2.24. The SMILES string of the molecule is CCC(C(=O)NCC(C)C)N(Cc1ccc(Cl)c(Cl)c1)C(=O)COc1ccc(Cl)cc1Br. The van der Waals surface area contributed by atoms with Crippen LogP contribution in [0.5, 0.6) is 5.75 Å². The summed E-state index contributed by atoms with van der Waals surface area (Å²) in [4.78, 5) is 27.6. The zero-order valence-corrected chi connectivity index (χ0v) is 22.0. The minimum atomic E-state index is -0.659. The van der Waals surface area contributed by atoms with E-state index >= 15 is 0 Å². The lowest BCUT2D eigenvalue weighted by atomic mass is 10.1. The molecule has 0 fully saturated rings. The Morgan fingerprint density at radius 3 is 2.41 bits per heavy atom. The maximum absolute atomic E-state index is 13.2. The van der Waals surface area contributed by atoms with Crippen LogP contribution in [0.4, 0.5) is 0 Å². The van der Waals surface area contributed by atoms with E-state index in [0.717, 1.165) is 5.56 Å². The van der Waals surface area contributed by atoms with Gasteiger partial charge in [0.2, 0.25) is 5.91 Å². The molecule has 0 aliphatic carbocycles. The number of benzene rings is 2. The first-order valence-electron chi connectivity index (χ1n) is 10.2. The van der Waals surface area contributed by atoms with Crippen LogP contribution in [0.3, 0.4) is 0 Å². The van der Waals surface area contributed by atoms with Crippen molar-refractivity contribution in [1.82, 2.24) is 10.2 Å². The Hall–Kier alpha value is -1.47. The van der Waals surface area contributed by atoms with Crippen LogP contribution >= 0.6 is 50.7 Å². The van der Waals surface area contributed by atoms with Crippen molar-refractivity contribution in [2.24, 2.45) is 5.92 Å². The summed E-state index contributed by atoms with van der Waals surface area (Å²) in [6.07, 6.45) is 0.446. The quantitative estimate of drug-likeness (QED) is 0.365. The maximum Gasteiger partial charge on any atom is 0.261 e. The van der Waals surface area contributed by atoms with E-state index in [0.29, 0.717) is 44.2 Å². The number of rotatable bonds is 10. The van der Waals surface area contributed by atoms with Crippen LogP contribution in [0.2, 0.25) is 15.1 Å². The van der Waals surface area contributed by atoms with E-state index in [2.05, 4.69) is 21.2 Å². The minimum Gasteiger partial charge on any atom is -0.483 e. The largest absolute Gasteiger partial charge is 0.483 e. The van der Waals surface area contributed by atoms with Gasteiger partial charge in [-0.2, -0.15) is 0 Å². The number of hydrogen-bond donors (Lipinski definition) is 1. The Kier molecular flexibility index (Phi) is 10.6. The molecule has 2 amide bonds. The average molecular weight is 565 g/mol. The minimum absolute atomic E-state index is 0.189. The second kappa shape index (κ2) is 12.7. The molecule has 1 unspecified atom stereocenters. The number of amides is 2. The molecule has 0 saturated heterocycles. The van der Waals surface area contributed by atoms with Crippen molar-refractivity contribution < 1.29 is 14.3 Å². The first-order valence-corrected chi connectivity index (χ1v) is 12.1. The zero-order valence-electron chi connectivity index (χ0n) is 18.1. The smallest absolute Gasteiger partial charge is 0.261 e. The van der Waals surface area contributed by atoms with E-state index in [4.69, 9.17) is 39.5 Å². The summed E-state index contributed by atoms with van der Waals surface area (Å²) in [5, 5.41) is 4.27. The van der Waals surface area contributed by atoms with Crippen molar-refractivity contribution in [3.63, 3.8) is 0 Å². The summed E-state index contributed by atoms with van der Waals surface area (Å²) in [5.74, 6) is 0.238. The first kappa shape index (κ1) is 26.8. The highest BCUT2D eigenvalue weighted by atomic mass is 79.9. The Labute approximate surface area is 212 Å². The molecule has 1 N–H and O–H groups in total. The molecule has 0 aromatic heterocycles. The standard InChI is InChI=1S/C23H26BrCl3N2O3/c1-4-20(23(31)28-11-14(2)3)29(12-15-5-7-18(26)19(27)9-15)22(30)13-32-21-8-6-16(25)10-17(21)24/h5-10,14,20H,4,11-13H2,1-3H3,(H,28,31). The van der Waals surface area contributed by atoms with E-state index in [1.807, 2.05) is 20.8 Å². The molecule has 0 aliphatic rings. The molecule has 2 rings (SSSR count). The van der Waals surface area contributed by atoms with Crippen molar-refractivity contribution in [2.75, 3.05) is 13.2 Å². The van der Waals surface area contributed by atoms with E-state index in [-0.39, 0.29) is 25.0 Å². The number of hydrogen-bond acceptors (Lipinski definition) is 3. The van der Waals surface area contributed by atoms with Crippen LogP contribution in [-0.2, 0) is 16.1 Å². The molecule has 0 spiro atoms. The summed E-state index contributed by atoms with van der Waals surface area (Å²) in [6.45, 7) is 6.36. The average Bonchev–Trinajstić information content (AvgIpc) is 2.73. The Bertz CT molecular complexity index is 956. The number of nitrogens with zero attached hydrogens (tertiary/aromatic N) is 1. The normalized spacial score (nSPS) is 11.9. The van der Waals surface area contributed by atoms with Crippen LogP contribution in [0.25, 0.3) is 0 Å². The van der Waals surface area contributed by atoms with Crippen LogP contribution in [0.15, 0.2) is 40.9 Å². The molecule has 0 bridgehead atoms. The van der Waals surface area contributed by atoms with E-state index in [1.165, 1.54) is 4.90 Å². The molecular formula is C23H26BrCl3N2O3. The van der Waals surface area contributed by atoms with Gasteiger partial charge >= 0.3 is 0 Å². The van der Waals surface area contributed by atoms with Crippen LogP contribution in [0, 0.1) is 5.92 Å². The van der Waals surface area contributed by atoms with Gasteiger partial charge in [-0.15, -0.1) is 0 Å². The highest BCUT2D eigenvalue weighted by molar-refractivity contribution is 9.10. The van der Waals surface area contributed by atoms with E-state index in [1.54, 1.807) is 36.4 Å². The summed E-state index contributed by atoms with van der Waals surface area (Å²) < 4.78 is 6.35. The number of halogens is 4. The van der Waals surface area contributed by atoms with E-state index in [9.17, 15) is 9.59 Å². The Morgan fingerprint density at radius 2 is 1.81 bits per heavy atom. The first-order chi connectivity index (χ1) is 15.1. The van der Waals surface area contributed by atoms with Crippen LogP contribution < -0.4 is 10.1 Å². The molecule has 2 aromatic rings. The predicted molar refractivity (Wildman–Crippen MR) is 134 cm³/mol. The Morgan fingerprint density at radius 1 is 1.09 bits per heavy atom. The molecule has 0 radical (unpaired) electrons. The topological polar surface area (TPSA) is 58.6 Å². The van der Waals surface area contributed by atoms with Crippen LogP contribution in [-0.4, -0.2) is 35.9 Å². The summed E-state index contributed by atoms with van der Waals surface area (Å²) in [5.41, 5.74) is 0.760. The summed E-state index contributed by atoms with van der Waals surface area (Å²) >= 11 is 21.5.